The Balaban J connectivity index is 5.41. The summed E-state index contributed by atoms with van der Waals surface area (Å²) in [4.78, 5) is 58.5. The van der Waals surface area contributed by atoms with Gasteiger partial charge in [0, 0.05) is 0 Å². The molecule has 0 aromatic rings. The van der Waals surface area contributed by atoms with E-state index in [9.17, 15) is 34.2 Å². The average molecular weight is 404 g/mol. The number of carbonyl (C=O) groups is 5. The highest BCUT2D eigenvalue weighted by molar-refractivity contribution is 5.95. The van der Waals surface area contributed by atoms with Crippen molar-refractivity contribution in [2.45, 2.75) is 57.8 Å². The number of carboxylic acids is 2. The van der Waals surface area contributed by atoms with Crippen molar-refractivity contribution in [2.24, 2.45) is 11.7 Å². The number of carbonyl (C=O) groups excluding carboxylic acids is 3. The SMILES string of the molecule is CCC(C)C(NC(=O)C(CC(=O)O)NC(=O)C(NC(=O)CN)C(C)O)C(=O)O. The predicted molar refractivity (Wildman–Crippen MR) is 95.9 cm³/mol. The van der Waals surface area contributed by atoms with E-state index in [2.05, 4.69) is 16.0 Å². The Bertz CT molecular complexity index is 595. The molecule has 12 nitrogen and oxygen atoms in total. The maximum Gasteiger partial charge on any atom is 0.326 e. The third-order valence-electron chi connectivity index (χ3n) is 4.06. The molecule has 0 aromatic heterocycles. The molecular weight excluding hydrogens is 376 g/mol. The molecule has 5 atom stereocenters. The number of nitrogens with two attached hydrogens (primary N) is 1. The van der Waals surface area contributed by atoms with Crippen molar-refractivity contribution in [3.63, 3.8) is 0 Å². The second-order valence-electron chi connectivity index (χ2n) is 6.36. The number of hydrogen-bond donors (Lipinski definition) is 7. The standard InChI is InChI=1S/C16H28N4O8/c1-4-7(2)12(16(27)28)20-14(25)9(5-11(23)24)18-15(26)13(8(3)21)19-10(22)6-17/h7-9,12-13,21H,4-6,17H2,1-3H3,(H,18,26)(H,19,22)(H,20,25)(H,23,24)(H,27,28). The molecule has 0 aliphatic heterocycles. The molecule has 160 valence electrons. The third-order valence-corrected chi connectivity index (χ3v) is 4.06. The minimum absolute atomic E-state index is 0.433. The first-order chi connectivity index (χ1) is 12.9. The number of aliphatic hydroxyl groups is 1. The van der Waals surface area contributed by atoms with Crippen LogP contribution >= 0.6 is 0 Å². The van der Waals surface area contributed by atoms with E-state index < -0.39 is 72.8 Å². The molecule has 0 rings (SSSR count). The summed E-state index contributed by atoms with van der Waals surface area (Å²) in [5, 5.41) is 34.4. The molecule has 0 saturated heterocycles. The number of carboxylic acid groups (broad SMARTS) is 2. The Morgan fingerprint density at radius 3 is 1.89 bits per heavy atom. The maximum atomic E-state index is 12.4. The lowest BCUT2D eigenvalue weighted by molar-refractivity contribution is -0.145. The number of nitrogens with one attached hydrogen (secondary N) is 3. The Morgan fingerprint density at radius 2 is 1.50 bits per heavy atom. The molecule has 0 spiro atoms. The van der Waals surface area contributed by atoms with Crippen LogP contribution in [0.2, 0.25) is 0 Å². The highest BCUT2D eigenvalue weighted by Gasteiger charge is 2.33. The van der Waals surface area contributed by atoms with Gasteiger partial charge < -0.3 is 37.0 Å². The monoisotopic (exact) mass is 404 g/mol. The van der Waals surface area contributed by atoms with Crippen LogP contribution in [0.15, 0.2) is 0 Å². The summed E-state index contributed by atoms with van der Waals surface area (Å²) in [6, 6.07) is -4.38. The van der Waals surface area contributed by atoms with Crippen molar-refractivity contribution in [3.8, 4) is 0 Å². The van der Waals surface area contributed by atoms with Crippen LogP contribution in [0.25, 0.3) is 0 Å². The van der Waals surface area contributed by atoms with Crippen LogP contribution < -0.4 is 21.7 Å². The van der Waals surface area contributed by atoms with Crippen LogP contribution in [0.1, 0.15) is 33.6 Å². The number of hydrogen-bond acceptors (Lipinski definition) is 7. The van der Waals surface area contributed by atoms with Gasteiger partial charge in [0.25, 0.3) is 0 Å². The van der Waals surface area contributed by atoms with Crippen molar-refractivity contribution in [3.05, 3.63) is 0 Å². The van der Waals surface area contributed by atoms with Crippen molar-refractivity contribution in [1.82, 2.24) is 16.0 Å². The molecule has 0 aliphatic rings. The van der Waals surface area contributed by atoms with Crippen molar-refractivity contribution in [1.29, 1.82) is 0 Å². The van der Waals surface area contributed by atoms with Gasteiger partial charge in [-0.15, -0.1) is 0 Å². The second kappa shape index (κ2) is 11.9. The number of aliphatic hydroxyl groups excluding tert-OH is 1. The van der Waals surface area contributed by atoms with E-state index in [0.29, 0.717) is 6.42 Å². The van der Waals surface area contributed by atoms with E-state index >= 15 is 0 Å². The van der Waals surface area contributed by atoms with E-state index in [0.717, 1.165) is 0 Å². The van der Waals surface area contributed by atoms with Crippen LogP contribution in [0, 0.1) is 5.92 Å². The summed E-state index contributed by atoms with van der Waals surface area (Å²) in [6.07, 6.45) is -1.76. The summed E-state index contributed by atoms with van der Waals surface area (Å²) < 4.78 is 0. The van der Waals surface area contributed by atoms with Gasteiger partial charge >= 0.3 is 11.9 Å². The van der Waals surface area contributed by atoms with Crippen LogP contribution in [-0.2, 0) is 24.0 Å². The first kappa shape index (κ1) is 25.3. The first-order valence-corrected chi connectivity index (χ1v) is 8.67. The van der Waals surface area contributed by atoms with Crippen molar-refractivity contribution in [2.75, 3.05) is 6.54 Å². The highest BCUT2D eigenvalue weighted by Crippen LogP contribution is 2.09. The molecule has 5 unspecified atom stereocenters. The smallest absolute Gasteiger partial charge is 0.326 e. The van der Waals surface area contributed by atoms with Crippen molar-refractivity contribution >= 4 is 29.7 Å². The van der Waals surface area contributed by atoms with E-state index in [4.69, 9.17) is 10.8 Å². The van der Waals surface area contributed by atoms with Crippen LogP contribution in [0.4, 0.5) is 0 Å². The lowest BCUT2D eigenvalue weighted by Gasteiger charge is -2.26. The molecule has 0 saturated carbocycles. The second-order valence-corrected chi connectivity index (χ2v) is 6.36. The summed E-state index contributed by atoms with van der Waals surface area (Å²) >= 11 is 0. The molecule has 0 heterocycles. The fourth-order valence-corrected chi connectivity index (χ4v) is 2.22. The van der Waals surface area contributed by atoms with Crippen LogP contribution in [0.3, 0.4) is 0 Å². The Hall–Kier alpha value is -2.73. The summed E-state index contributed by atoms with van der Waals surface area (Å²) in [5.74, 6) is -5.96. The molecule has 3 amide bonds. The summed E-state index contributed by atoms with van der Waals surface area (Å²) in [6.45, 7) is 4.06. The van der Waals surface area contributed by atoms with Gasteiger partial charge in [0.2, 0.25) is 17.7 Å². The van der Waals surface area contributed by atoms with E-state index in [1.807, 2.05) is 0 Å². The zero-order valence-corrected chi connectivity index (χ0v) is 16.0. The minimum atomic E-state index is -1.62. The normalized spacial score (nSPS) is 16.0. The largest absolute Gasteiger partial charge is 0.481 e. The van der Waals surface area contributed by atoms with E-state index in [1.165, 1.54) is 6.92 Å². The topological polar surface area (TPSA) is 208 Å². The molecule has 28 heavy (non-hydrogen) atoms. The molecule has 0 aliphatic carbocycles. The highest BCUT2D eigenvalue weighted by atomic mass is 16.4. The number of rotatable bonds is 12. The first-order valence-electron chi connectivity index (χ1n) is 8.67. The Labute approximate surface area is 161 Å². The van der Waals surface area contributed by atoms with Gasteiger partial charge in [-0.2, -0.15) is 0 Å². The molecule has 8 N–H and O–H groups in total. The van der Waals surface area contributed by atoms with Gasteiger partial charge in [-0.25, -0.2) is 4.79 Å². The van der Waals surface area contributed by atoms with Crippen LogP contribution in [0.5, 0.6) is 0 Å². The zero-order valence-electron chi connectivity index (χ0n) is 16.0. The molecular formula is C16H28N4O8. The van der Waals surface area contributed by atoms with Crippen LogP contribution in [-0.4, -0.2) is 75.8 Å². The number of amides is 3. The average Bonchev–Trinajstić information content (AvgIpc) is 2.61. The lowest BCUT2D eigenvalue weighted by atomic mass is 9.98. The third kappa shape index (κ3) is 8.31. The van der Waals surface area contributed by atoms with Gasteiger partial charge in [-0.3, -0.25) is 19.2 Å². The van der Waals surface area contributed by atoms with E-state index in [-0.39, 0.29) is 0 Å². The van der Waals surface area contributed by atoms with Crippen molar-refractivity contribution < 1.29 is 39.3 Å². The fraction of sp³-hybridized carbons (Fsp3) is 0.688. The minimum Gasteiger partial charge on any atom is -0.481 e. The molecule has 12 heteroatoms. The lowest BCUT2D eigenvalue weighted by Crippen LogP contribution is -2.59. The maximum absolute atomic E-state index is 12.4. The predicted octanol–water partition coefficient (Wildman–Crippen LogP) is -2.61. The zero-order chi connectivity index (χ0) is 22.0. The summed E-state index contributed by atoms with van der Waals surface area (Å²) in [5.41, 5.74) is 5.14. The van der Waals surface area contributed by atoms with Gasteiger partial charge in [0.1, 0.15) is 18.1 Å². The Morgan fingerprint density at radius 1 is 0.929 bits per heavy atom. The van der Waals surface area contributed by atoms with E-state index in [1.54, 1.807) is 13.8 Å². The Kier molecular flexibility index (Phi) is 10.7. The van der Waals surface area contributed by atoms with Gasteiger partial charge in [-0.05, 0) is 12.8 Å². The molecule has 0 fully saturated rings. The fourth-order valence-electron chi connectivity index (χ4n) is 2.22. The van der Waals surface area contributed by atoms with Gasteiger partial charge in [-0.1, -0.05) is 20.3 Å². The van der Waals surface area contributed by atoms with Gasteiger partial charge in [0.05, 0.1) is 19.1 Å². The molecule has 0 bridgehead atoms. The quantitative estimate of drug-likeness (QED) is 0.181. The number of aliphatic carboxylic acids is 2. The summed E-state index contributed by atoms with van der Waals surface area (Å²) in [7, 11) is 0. The van der Waals surface area contributed by atoms with Gasteiger partial charge in [0.15, 0.2) is 0 Å². The molecule has 0 aromatic carbocycles. The molecule has 0 radical (unpaired) electrons.